The second-order valence-electron chi connectivity index (χ2n) is 4.05. The van der Waals surface area contributed by atoms with Crippen LogP contribution in [0.2, 0.25) is 0 Å². The summed E-state index contributed by atoms with van der Waals surface area (Å²) in [5.74, 6) is 4.87. The summed E-state index contributed by atoms with van der Waals surface area (Å²) in [5, 5.41) is 8.64. The predicted octanol–water partition coefficient (Wildman–Crippen LogP) is 1.15. The van der Waals surface area contributed by atoms with Gasteiger partial charge in [0, 0.05) is 5.56 Å². The Kier molecular flexibility index (Phi) is 5.60. The van der Waals surface area contributed by atoms with Crippen LogP contribution in [0.5, 0.6) is 0 Å². The van der Waals surface area contributed by atoms with Crippen molar-refractivity contribution in [1.29, 1.82) is 0 Å². The van der Waals surface area contributed by atoms with Gasteiger partial charge in [0.15, 0.2) is 0 Å². The summed E-state index contributed by atoms with van der Waals surface area (Å²) in [6, 6.07) is 4.50. The van der Waals surface area contributed by atoms with Crippen LogP contribution in [0.1, 0.15) is 11.1 Å². The first-order valence-corrected chi connectivity index (χ1v) is 7.16. The molecule has 1 aromatic carbocycles. The number of nitrogens with one attached hydrogen (secondary N) is 2. The molecule has 21 heavy (non-hydrogen) atoms. The average Bonchev–Trinajstić information content (AvgIpc) is 2.36. The number of rotatable bonds is 4. The van der Waals surface area contributed by atoms with Crippen LogP contribution in [0.4, 0.5) is 18.9 Å². The number of hydrogen-bond donors (Lipinski definition) is 3. The van der Waals surface area contributed by atoms with Crippen LogP contribution in [0.3, 0.4) is 0 Å². The van der Waals surface area contributed by atoms with Gasteiger partial charge in [0.05, 0.1) is 5.69 Å². The van der Waals surface area contributed by atoms with Crippen molar-refractivity contribution in [3.63, 3.8) is 0 Å². The topological polar surface area (TPSA) is 78.4 Å². The van der Waals surface area contributed by atoms with Crippen LogP contribution >= 0.6 is 0 Å². The van der Waals surface area contributed by atoms with E-state index in [2.05, 4.69) is 11.8 Å². The smallest absolute Gasteiger partial charge is 0.384 e. The van der Waals surface area contributed by atoms with Gasteiger partial charge in [0.1, 0.15) is 13.2 Å². The molecule has 0 atom stereocenters. The lowest BCUT2D eigenvalue weighted by molar-refractivity contribution is -0.121. The summed E-state index contributed by atoms with van der Waals surface area (Å²) in [7, 11) is -4.38. The third-order valence-electron chi connectivity index (χ3n) is 2.18. The molecule has 0 aliphatic carbocycles. The van der Waals surface area contributed by atoms with E-state index in [4.69, 9.17) is 5.11 Å². The van der Waals surface area contributed by atoms with Crippen molar-refractivity contribution >= 4 is 15.9 Å². The molecule has 0 bridgehead atoms. The molecule has 0 unspecified atom stereocenters. The van der Waals surface area contributed by atoms with Crippen molar-refractivity contribution in [2.75, 3.05) is 17.9 Å². The van der Waals surface area contributed by atoms with Crippen molar-refractivity contribution in [3.8, 4) is 11.8 Å². The minimum Gasteiger partial charge on any atom is -0.384 e. The molecule has 0 saturated carbocycles. The van der Waals surface area contributed by atoms with Crippen LogP contribution in [-0.2, 0) is 10.2 Å². The minimum absolute atomic E-state index is 0.0243. The van der Waals surface area contributed by atoms with E-state index in [1.165, 1.54) is 10.8 Å². The summed E-state index contributed by atoms with van der Waals surface area (Å²) in [6.07, 6.45) is -4.65. The van der Waals surface area contributed by atoms with Gasteiger partial charge in [0.2, 0.25) is 0 Å². The first-order chi connectivity index (χ1) is 9.63. The van der Waals surface area contributed by atoms with Crippen molar-refractivity contribution in [3.05, 3.63) is 29.3 Å². The van der Waals surface area contributed by atoms with E-state index in [9.17, 15) is 21.6 Å². The fourth-order valence-electron chi connectivity index (χ4n) is 1.34. The van der Waals surface area contributed by atoms with Crippen molar-refractivity contribution in [2.45, 2.75) is 13.1 Å². The van der Waals surface area contributed by atoms with Crippen LogP contribution in [0.15, 0.2) is 18.2 Å². The maximum absolute atomic E-state index is 12.0. The highest BCUT2D eigenvalue weighted by Gasteiger charge is 2.29. The monoisotopic (exact) mass is 322 g/mol. The Labute approximate surface area is 120 Å². The van der Waals surface area contributed by atoms with E-state index >= 15 is 0 Å². The average molecular weight is 322 g/mol. The number of alkyl halides is 3. The standard InChI is InChI=1S/C12H13F3N2O3S/c1-9-4-5-11(10(7-9)3-2-6-18)17-21(19,20)16-8-12(13,14)15/h4-5,7,16-18H,6,8H2,1H3. The van der Waals surface area contributed by atoms with E-state index in [0.717, 1.165) is 5.56 Å². The summed E-state index contributed by atoms with van der Waals surface area (Å²) in [6.45, 7) is -0.359. The quantitative estimate of drug-likeness (QED) is 0.728. The molecule has 0 aliphatic heterocycles. The molecular weight excluding hydrogens is 309 g/mol. The first kappa shape index (κ1) is 17.3. The maximum atomic E-state index is 12.0. The van der Waals surface area contributed by atoms with Crippen LogP contribution in [-0.4, -0.2) is 32.9 Å². The number of aliphatic hydroxyl groups excluding tert-OH is 1. The van der Waals surface area contributed by atoms with Gasteiger partial charge < -0.3 is 5.11 Å². The number of anilines is 1. The SMILES string of the molecule is Cc1ccc(NS(=O)(=O)NCC(F)(F)F)c(C#CCO)c1. The largest absolute Gasteiger partial charge is 0.402 e. The Balaban J connectivity index is 2.96. The Morgan fingerprint density at radius 3 is 2.57 bits per heavy atom. The highest BCUT2D eigenvalue weighted by Crippen LogP contribution is 2.18. The normalized spacial score (nSPS) is 11.7. The minimum atomic E-state index is -4.65. The van der Waals surface area contributed by atoms with Gasteiger partial charge in [-0.3, -0.25) is 4.72 Å². The van der Waals surface area contributed by atoms with E-state index < -0.39 is 29.5 Å². The zero-order chi connectivity index (χ0) is 16.1. The molecule has 0 aliphatic rings. The van der Waals surface area contributed by atoms with Crippen molar-refractivity contribution in [2.24, 2.45) is 0 Å². The van der Waals surface area contributed by atoms with E-state index in [1.54, 1.807) is 19.1 Å². The van der Waals surface area contributed by atoms with Gasteiger partial charge in [-0.25, -0.2) is 0 Å². The number of halogens is 3. The Morgan fingerprint density at radius 2 is 2.00 bits per heavy atom. The van der Waals surface area contributed by atoms with Crippen LogP contribution in [0, 0.1) is 18.8 Å². The van der Waals surface area contributed by atoms with Gasteiger partial charge in [-0.1, -0.05) is 17.9 Å². The fourth-order valence-corrected chi connectivity index (χ4v) is 2.24. The highest BCUT2D eigenvalue weighted by molar-refractivity contribution is 7.90. The van der Waals surface area contributed by atoms with Gasteiger partial charge in [-0.2, -0.15) is 26.3 Å². The van der Waals surface area contributed by atoms with E-state index in [-0.39, 0.29) is 11.3 Å². The van der Waals surface area contributed by atoms with Crippen molar-refractivity contribution < 1.29 is 26.7 Å². The molecule has 1 rings (SSSR count). The maximum Gasteiger partial charge on any atom is 0.402 e. The third-order valence-corrected chi connectivity index (χ3v) is 3.20. The summed E-state index contributed by atoms with van der Waals surface area (Å²) in [5.41, 5.74) is 1.06. The molecule has 3 N–H and O–H groups in total. The Hall–Kier alpha value is -1.76. The molecule has 116 valence electrons. The summed E-state index contributed by atoms with van der Waals surface area (Å²) >= 11 is 0. The highest BCUT2D eigenvalue weighted by atomic mass is 32.2. The van der Waals surface area contributed by atoms with Gasteiger partial charge in [-0.15, -0.1) is 0 Å². The molecule has 9 heteroatoms. The lowest BCUT2D eigenvalue weighted by Gasteiger charge is -2.12. The molecule has 0 fully saturated rings. The lowest BCUT2D eigenvalue weighted by atomic mass is 10.1. The molecule has 0 amide bonds. The predicted molar refractivity (Wildman–Crippen MR) is 71.7 cm³/mol. The first-order valence-electron chi connectivity index (χ1n) is 5.67. The number of aliphatic hydroxyl groups is 1. The lowest BCUT2D eigenvalue weighted by Crippen LogP contribution is -2.37. The number of benzene rings is 1. The van der Waals surface area contributed by atoms with Gasteiger partial charge >= 0.3 is 6.18 Å². The van der Waals surface area contributed by atoms with E-state index in [1.807, 2.05) is 4.72 Å². The molecule has 1 aromatic rings. The molecule has 0 saturated heterocycles. The van der Waals surface area contributed by atoms with Crippen molar-refractivity contribution in [1.82, 2.24) is 4.72 Å². The number of aryl methyl sites for hydroxylation is 1. The molecule has 0 radical (unpaired) electrons. The Morgan fingerprint density at radius 1 is 1.33 bits per heavy atom. The third kappa shape index (κ3) is 6.48. The second-order valence-corrected chi connectivity index (χ2v) is 5.55. The molecule has 5 nitrogen and oxygen atoms in total. The summed E-state index contributed by atoms with van der Waals surface area (Å²) < 4.78 is 62.5. The number of hydrogen-bond acceptors (Lipinski definition) is 3. The van der Waals surface area contributed by atoms with Gasteiger partial charge in [0.25, 0.3) is 10.2 Å². The van der Waals surface area contributed by atoms with E-state index in [0.29, 0.717) is 0 Å². The fraction of sp³-hybridized carbons (Fsp3) is 0.333. The zero-order valence-electron chi connectivity index (χ0n) is 11.0. The van der Waals surface area contributed by atoms with Crippen LogP contribution in [0.25, 0.3) is 0 Å². The Bertz CT molecular complexity index is 661. The zero-order valence-corrected chi connectivity index (χ0v) is 11.8. The molecule has 0 aromatic heterocycles. The molecular formula is C12H13F3N2O3S. The summed E-state index contributed by atoms with van der Waals surface area (Å²) in [4.78, 5) is 0. The molecule has 0 spiro atoms. The van der Waals surface area contributed by atoms with Gasteiger partial charge in [-0.05, 0) is 24.6 Å². The molecule has 0 heterocycles. The second kappa shape index (κ2) is 6.80. The van der Waals surface area contributed by atoms with Crippen LogP contribution < -0.4 is 9.44 Å².